The molecule has 1 fully saturated rings. The molecule has 30 heavy (non-hydrogen) atoms. The standard InChI is InChI=1S/C22H31N3O3S2/c1-14-8-10-24(11-9-14)20(26)15(2)29-22-23-19-18(21(27)25(22)12-13-28-3)16-6-4-5-7-17(16)30-19/h14-15H,4-13H2,1-3H3. The highest BCUT2D eigenvalue weighted by atomic mass is 32.2. The summed E-state index contributed by atoms with van der Waals surface area (Å²) in [4.78, 5) is 35.5. The fourth-order valence-corrected chi connectivity index (χ4v) is 6.71. The third kappa shape index (κ3) is 4.32. The number of aryl methyl sites for hydroxylation is 2. The summed E-state index contributed by atoms with van der Waals surface area (Å²) in [6.45, 7) is 6.72. The lowest BCUT2D eigenvalue weighted by Gasteiger charge is -2.32. The molecule has 0 saturated carbocycles. The molecule has 1 aliphatic carbocycles. The van der Waals surface area contributed by atoms with Gasteiger partial charge in [0.15, 0.2) is 5.16 Å². The van der Waals surface area contributed by atoms with Gasteiger partial charge in [-0.1, -0.05) is 18.7 Å². The first-order valence-corrected chi connectivity index (χ1v) is 12.7. The van der Waals surface area contributed by atoms with Crippen molar-refractivity contribution in [2.45, 2.75) is 69.3 Å². The zero-order chi connectivity index (χ0) is 21.3. The van der Waals surface area contributed by atoms with E-state index >= 15 is 0 Å². The number of amides is 1. The molecule has 164 valence electrons. The predicted molar refractivity (Wildman–Crippen MR) is 123 cm³/mol. The quantitative estimate of drug-likeness (QED) is 0.497. The lowest BCUT2D eigenvalue weighted by molar-refractivity contribution is -0.131. The molecule has 8 heteroatoms. The second-order valence-corrected chi connectivity index (χ2v) is 10.9. The van der Waals surface area contributed by atoms with Crippen LogP contribution in [-0.4, -0.2) is 52.4 Å². The Kier molecular flexibility index (Phi) is 6.85. The van der Waals surface area contributed by atoms with Gasteiger partial charge in [-0.05, 0) is 56.9 Å². The first-order chi connectivity index (χ1) is 14.5. The number of hydrogen-bond donors (Lipinski definition) is 0. The summed E-state index contributed by atoms with van der Waals surface area (Å²) in [5.74, 6) is 0.829. The van der Waals surface area contributed by atoms with Gasteiger partial charge in [0.2, 0.25) is 5.91 Å². The van der Waals surface area contributed by atoms with Crippen LogP contribution in [0.25, 0.3) is 10.2 Å². The van der Waals surface area contributed by atoms with Gasteiger partial charge in [0, 0.05) is 25.1 Å². The Balaban J connectivity index is 1.65. The molecule has 2 aromatic rings. The van der Waals surface area contributed by atoms with E-state index < -0.39 is 0 Å². The summed E-state index contributed by atoms with van der Waals surface area (Å²) >= 11 is 3.07. The van der Waals surface area contributed by atoms with Gasteiger partial charge in [-0.15, -0.1) is 11.3 Å². The number of hydrogen-bond acceptors (Lipinski definition) is 6. The minimum absolute atomic E-state index is 0.0189. The summed E-state index contributed by atoms with van der Waals surface area (Å²) in [7, 11) is 1.64. The van der Waals surface area contributed by atoms with Crippen molar-refractivity contribution in [3.63, 3.8) is 0 Å². The molecule has 1 amide bonds. The van der Waals surface area contributed by atoms with E-state index in [-0.39, 0.29) is 16.7 Å². The normalized spacial score (nSPS) is 18.6. The molecule has 1 atom stereocenters. The number of nitrogens with zero attached hydrogens (tertiary/aromatic N) is 3. The number of methoxy groups -OCH3 is 1. The number of ether oxygens (including phenoxy) is 1. The lowest BCUT2D eigenvalue weighted by atomic mass is 9.97. The van der Waals surface area contributed by atoms with E-state index in [2.05, 4.69) is 6.92 Å². The van der Waals surface area contributed by atoms with Gasteiger partial charge < -0.3 is 9.64 Å². The number of thiophene rings is 1. The molecular formula is C22H31N3O3S2. The van der Waals surface area contributed by atoms with Gasteiger partial charge in [0.25, 0.3) is 5.56 Å². The van der Waals surface area contributed by atoms with Crippen molar-refractivity contribution in [3.8, 4) is 0 Å². The Hall–Kier alpha value is -1.38. The van der Waals surface area contributed by atoms with Crippen LogP contribution in [-0.2, 0) is 28.9 Å². The van der Waals surface area contributed by atoms with Crippen molar-refractivity contribution in [3.05, 3.63) is 20.8 Å². The topological polar surface area (TPSA) is 64.4 Å². The molecule has 2 aliphatic rings. The van der Waals surface area contributed by atoms with Crippen molar-refractivity contribution in [1.29, 1.82) is 0 Å². The average Bonchev–Trinajstić information content (AvgIpc) is 3.12. The second kappa shape index (κ2) is 9.40. The van der Waals surface area contributed by atoms with Gasteiger partial charge in [0.1, 0.15) is 4.83 Å². The van der Waals surface area contributed by atoms with Crippen LogP contribution in [0.5, 0.6) is 0 Å². The molecule has 3 heterocycles. The van der Waals surface area contributed by atoms with Crippen LogP contribution in [0.15, 0.2) is 9.95 Å². The molecule has 2 aromatic heterocycles. The average molecular weight is 450 g/mol. The Morgan fingerprint density at radius 1 is 1.30 bits per heavy atom. The monoisotopic (exact) mass is 449 g/mol. The number of carbonyl (C=O) groups is 1. The Bertz CT molecular complexity index is 976. The van der Waals surface area contributed by atoms with Crippen LogP contribution in [0.4, 0.5) is 0 Å². The lowest BCUT2D eigenvalue weighted by Crippen LogP contribution is -2.42. The van der Waals surface area contributed by atoms with Crippen molar-refractivity contribution in [2.24, 2.45) is 5.92 Å². The molecule has 4 rings (SSSR count). The fourth-order valence-electron chi connectivity index (χ4n) is 4.38. The highest BCUT2D eigenvalue weighted by Crippen LogP contribution is 2.35. The maximum Gasteiger partial charge on any atom is 0.263 e. The molecule has 6 nitrogen and oxygen atoms in total. The Morgan fingerprint density at radius 3 is 2.77 bits per heavy atom. The number of rotatable bonds is 6. The number of fused-ring (bicyclic) bond motifs is 3. The Morgan fingerprint density at radius 2 is 2.03 bits per heavy atom. The van der Waals surface area contributed by atoms with Crippen molar-refractivity contribution in [1.82, 2.24) is 14.5 Å². The molecule has 1 saturated heterocycles. The van der Waals surface area contributed by atoms with E-state index in [0.29, 0.717) is 24.2 Å². The van der Waals surface area contributed by atoms with Gasteiger partial charge >= 0.3 is 0 Å². The van der Waals surface area contributed by atoms with E-state index in [4.69, 9.17) is 9.72 Å². The summed E-state index contributed by atoms with van der Waals surface area (Å²) in [5.41, 5.74) is 1.22. The maximum atomic E-state index is 13.4. The van der Waals surface area contributed by atoms with Crippen molar-refractivity contribution < 1.29 is 9.53 Å². The summed E-state index contributed by atoms with van der Waals surface area (Å²) in [5, 5.41) is 1.15. The van der Waals surface area contributed by atoms with E-state index in [1.807, 2.05) is 11.8 Å². The van der Waals surface area contributed by atoms with Crippen molar-refractivity contribution >= 4 is 39.2 Å². The Labute approximate surface area is 186 Å². The van der Waals surface area contributed by atoms with Gasteiger partial charge in [-0.3, -0.25) is 14.2 Å². The van der Waals surface area contributed by atoms with E-state index in [9.17, 15) is 9.59 Å². The molecule has 0 spiro atoms. The second-order valence-electron chi connectivity index (χ2n) is 8.50. The van der Waals surface area contributed by atoms with Crippen LogP contribution in [0, 0.1) is 5.92 Å². The van der Waals surface area contributed by atoms with Crippen LogP contribution < -0.4 is 5.56 Å². The third-order valence-electron chi connectivity index (χ3n) is 6.28. The minimum atomic E-state index is -0.272. The zero-order valence-electron chi connectivity index (χ0n) is 18.1. The molecule has 0 bridgehead atoms. The predicted octanol–water partition coefficient (Wildman–Crippen LogP) is 3.72. The van der Waals surface area contributed by atoms with Gasteiger partial charge in [-0.2, -0.15) is 0 Å². The SMILES string of the molecule is COCCn1c(SC(C)C(=O)N2CCC(C)CC2)nc2sc3c(c2c1=O)CCCC3. The third-order valence-corrected chi connectivity index (χ3v) is 8.55. The van der Waals surface area contributed by atoms with Crippen molar-refractivity contribution in [2.75, 3.05) is 26.8 Å². The number of aromatic nitrogens is 2. The van der Waals surface area contributed by atoms with Crippen LogP contribution in [0.1, 0.15) is 50.0 Å². The van der Waals surface area contributed by atoms with E-state index in [0.717, 1.165) is 55.4 Å². The van der Waals surface area contributed by atoms with Crippen LogP contribution in [0.2, 0.25) is 0 Å². The molecule has 0 radical (unpaired) electrons. The maximum absolute atomic E-state index is 13.4. The highest BCUT2D eigenvalue weighted by molar-refractivity contribution is 8.00. The molecule has 1 aliphatic heterocycles. The number of likely N-dealkylation sites (tertiary alicyclic amines) is 1. The molecule has 0 N–H and O–H groups in total. The first-order valence-electron chi connectivity index (χ1n) is 11.0. The highest BCUT2D eigenvalue weighted by Gasteiger charge is 2.28. The summed E-state index contributed by atoms with van der Waals surface area (Å²) in [6, 6.07) is 0. The van der Waals surface area contributed by atoms with Crippen LogP contribution in [0.3, 0.4) is 0 Å². The van der Waals surface area contributed by atoms with Gasteiger partial charge in [0.05, 0.1) is 23.8 Å². The first kappa shape index (κ1) is 21.8. The largest absolute Gasteiger partial charge is 0.383 e. The molecular weight excluding hydrogens is 418 g/mol. The summed E-state index contributed by atoms with van der Waals surface area (Å²) < 4.78 is 6.97. The molecule has 0 aromatic carbocycles. The number of piperidine rings is 1. The fraction of sp³-hybridized carbons (Fsp3) is 0.682. The number of thioether (sulfide) groups is 1. The van der Waals surface area contributed by atoms with E-state index in [1.165, 1.54) is 28.6 Å². The smallest absolute Gasteiger partial charge is 0.263 e. The van der Waals surface area contributed by atoms with Gasteiger partial charge in [-0.25, -0.2) is 4.98 Å². The van der Waals surface area contributed by atoms with E-state index in [1.54, 1.807) is 23.0 Å². The molecule has 1 unspecified atom stereocenters. The number of carbonyl (C=O) groups excluding carboxylic acids is 1. The summed E-state index contributed by atoms with van der Waals surface area (Å²) in [6.07, 6.45) is 6.44. The van der Waals surface area contributed by atoms with Crippen LogP contribution >= 0.6 is 23.1 Å². The minimum Gasteiger partial charge on any atom is -0.383 e. The zero-order valence-corrected chi connectivity index (χ0v) is 19.7.